The summed E-state index contributed by atoms with van der Waals surface area (Å²) in [5, 5.41) is 10.0. The number of hydrogen-bond acceptors (Lipinski definition) is 10. The minimum Gasteiger partial charge on any atom is -0.491 e. The number of halogens is 1. The van der Waals surface area contributed by atoms with Crippen LogP contribution in [-0.4, -0.2) is 106 Å². The van der Waals surface area contributed by atoms with Gasteiger partial charge in [-0.2, -0.15) is 0 Å². The maximum absolute atomic E-state index is 11.9. The van der Waals surface area contributed by atoms with Crippen LogP contribution >= 0.6 is 23.4 Å². The van der Waals surface area contributed by atoms with Crippen LogP contribution in [0.15, 0.2) is 58.3 Å². The van der Waals surface area contributed by atoms with Crippen molar-refractivity contribution in [1.29, 1.82) is 0 Å². The van der Waals surface area contributed by atoms with Gasteiger partial charge in [0.25, 0.3) is 0 Å². The van der Waals surface area contributed by atoms with Crippen molar-refractivity contribution < 1.29 is 33.6 Å². The molecule has 0 fully saturated rings. The maximum atomic E-state index is 11.9. The summed E-state index contributed by atoms with van der Waals surface area (Å²) in [6.45, 7) is 1.31. The molecular formula is C28H39ClN2O7S. The average molecular weight is 583 g/mol. The molecule has 0 aliphatic heterocycles. The van der Waals surface area contributed by atoms with Crippen LogP contribution in [0.25, 0.3) is 0 Å². The van der Waals surface area contributed by atoms with Crippen molar-refractivity contribution in [2.24, 2.45) is 0 Å². The molecule has 216 valence electrons. The van der Waals surface area contributed by atoms with Crippen molar-refractivity contribution in [3.8, 4) is 11.5 Å². The first kappa shape index (κ1) is 32.7. The molecule has 9 nitrogen and oxygen atoms in total. The van der Waals surface area contributed by atoms with Crippen LogP contribution in [0.1, 0.15) is 12.8 Å². The zero-order valence-corrected chi connectivity index (χ0v) is 24.6. The molecular weight excluding hydrogens is 544 g/mol. The van der Waals surface area contributed by atoms with Gasteiger partial charge in [0.2, 0.25) is 0 Å². The van der Waals surface area contributed by atoms with E-state index in [9.17, 15) is 14.7 Å². The van der Waals surface area contributed by atoms with E-state index in [1.807, 2.05) is 86.5 Å². The Balaban J connectivity index is 1.72. The van der Waals surface area contributed by atoms with Gasteiger partial charge in [0.1, 0.15) is 43.5 Å². The van der Waals surface area contributed by atoms with E-state index in [1.54, 1.807) is 11.8 Å². The van der Waals surface area contributed by atoms with E-state index in [4.69, 9.17) is 30.5 Å². The van der Waals surface area contributed by atoms with Crippen molar-refractivity contribution >= 4 is 35.3 Å². The zero-order valence-electron chi connectivity index (χ0n) is 23.0. The molecule has 1 N–H and O–H groups in total. The molecule has 2 unspecified atom stereocenters. The lowest BCUT2D eigenvalue weighted by Crippen LogP contribution is -2.28. The molecule has 11 heteroatoms. The van der Waals surface area contributed by atoms with Crippen LogP contribution in [0.3, 0.4) is 0 Å². The van der Waals surface area contributed by atoms with E-state index in [-0.39, 0.29) is 44.1 Å². The molecule has 2 rings (SSSR count). The molecule has 2 aromatic rings. The van der Waals surface area contributed by atoms with Crippen LogP contribution in [0.5, 0.6) is 11.5 Å². The summed E-state index contributed by atoms with van der Waals surface area (Å²) in [4.78, 5) is 29.4. The normalized spacial score (nSPS) is 12.7. The maximum Gasteiger partial charge on any atom is 0.307 e. The van der Waals surface area contributed by atoms with Crippen molar-refractivity contribution in [2.45, 2.75) is 34.8 Å². The molecule has 0 aliphatic carbocycles. The number of rotatable bonds is 18. The summed E-state index contributed by atoms with van der Waals surface area (Å²) in [5.41, 5.74) is 0. The number of hydrogen-bond donors (Lipinski definition) is 1. The van der Waals surface area contributed by atoms with Gasteiger partial charge in [-0.15, -0.1) is 11.6 Å². The van der Waals surface area contributed by atoms with Crippen LogP contribution in [-0.2, 0) is 19.1 Å². The average Bonchev–Trinajstić information content (AvgIpc) is 2.92. The summed E-state index contributed by atoms with van der Waals surface area (Å²) < 4.78 is 21.8. The quantitative estimate of drug-likeness (QED) is 0.207. The number of alkyl halides is 1. The highest BCUT2D eigenvalue weighted by Crippen LogP contribution is 2.30. The number of ether oxygens (including phenoxy) is 4. The molecule has 0 saturated heterocycles. The first-order valence-electron chi connectivity index (χ1n) is 12.7. The topological polar surface area (TPSA) is 97.8 Å². The predicted octanol–water partition coefficient (Wildman–Crippen LogP) is 3.55. The number of aliphatic hydroxyl groups is 1. The van der Waals surface area contributed by atoms with Crippen LogP contribution < -0.4 is 9.47 Å². The van der Waals surface area contributed by atoms with E-state index in [2.05, 4.69) is 0 Å². The van der Waals surface area contributed by atoms with E-state index in [1.165, 1.54) is 0 Å². The number of esters is 2. The van der Waals surface area contributed by atoms with Crippen molar-refractivity contribution in [2.75, 3.05) is 67.0 Å². The Morgan fingerprint density at radius 3 is 1.77 bits per heavy atom. The summed E-state index contributed by atoms with van der Waals surface area (Å²) in [6.07, 6.45) is -0.840. The highest BCUT2D eigenvalue weighted by molar-refractivity contribution is 7.99. The summed E-state index contributed by atoms with van der Waals surface area (Å²) in [6, 6.07) is 15.1. The van der Waals surface area contributed by atoms with E-state index >= 15 is 0 Å². The highest BCUT2D eigenvalue weighted by Gasteiger charge is 2.15. The van der Waals surface area contributed by atoms with Gasteiger partial charge in [0.15, 0.2) is 0 Å². The van der Waals surface area contributed by atoms with Gasteiger partial charge >= 0.3 is 11.9 Å². The van der Waals surface area contributed by atoms with Gasteiger partial charge in [-0.05, 0) is 76.7 Å². The van der Waals surface area contributed by atoms with Crippen LogP contribution in [0.4, 0.5) is 0 Å². The number of nitrogens with zero attached hydrogens (tertiary/aromatic N) is 2. The van der Waals surface area contributed by atoms with Gasteiger partial charge in [-0.3, -0.25) is 9.59 Å². The van der Waals surface area contributed by atoms with Gasteiger partial charge in [-0.1, -0.05) is 11.8 Å². The Bertz CT molecular complexity index is 990. The zero-order chi connectivity index (χ0) is 28.6. The highest BCUT2D eigenvalue weighted by atomic mass is 35.5. The largest absolute Gasteiger partial charge is 0.491 e. The van der Waals surface area contributed by atoms with Crippen LogP contribution in [0, 0.1) is 0 Å². The number of benzene rings is 2. The van der Waals surface area contributed by atoms with Crippen molar-refractivity contribution in [3.05, 3.63) is 48.5 Å². The Kier molecular flexibility index (Phi) is 15.1. The third-order valence-electron chi connectivity index (χ3n) is 5.19. The van der Waals surface area contributed by atoms with Gasteiger partial charge in [-0.25, -0.2) is 0 Å². The first-order chi connectivity index (χ1) is 18.6. The Labute approximate surface area is 240 Å². The lowest BCUT2D eigenvalue weighted by Gasteiger charge is -2.17. The fourth-order valence-corrected chi connectivity index (χ4v) is 3.99. The van der Waals surface area contributed by atoms with Gasteiger partial charge in [0.05, 0.1) is 18.7 Å². The minimum absolute atomic E-state index is 0.0226. The fraction of sp³-hybridized carbons (Fsp3) is 0.500. The number of aliphatic hydroxyl groups excluding tert-OH is 1. The van der Waals surface area contributed by atoms with Crippen molar-refractivity contribution in [3.63, 3.8) is 0 Å². The monoisotopic (exact) mass is 582 g/mol. The molecule has 0 heterocycles. The number of carbonyl (C=O) groups is 2. The van der Waals surface area contributed by atoms with Gasteiger partial charge < -0.3 is 33.9 Å². The molecule has 2 aromatic carbocycles. The third kappa shape index (κ3) is 14.5. The second-order valence-electron chi connectivity index (χ2n) is 9.38. The Hall–Kier alpha value is -2.50. The second-order valence-corrected chi connectivity index (χ2v) is 10.8. The molecule has 2 atom stereocenters. The SMILES string of the molecule is CN(C)CCC(=O)OCC(O)COc1ccc(Sc2ccc(OCC(CCl)OC(=O)CCN(C)C)cc2)cc1. The fourth-order valence-electron chi connectivity index (χ4n) is 3.02. The van der Waals surface area contributed by atoms with E-state index in [0.29, 0.717) is 31.0 Å². The van der Waals surface area contributed by atoms with Gasteiger partial charge in [0, 0.05) is 22.9 Å². The smallest absolute Gasteiger partial charge is 0.307 e. The molecule has 0 aliphatic rings. The lowest BCUT2D eigenvalue weighted by atomic mass is 10.3. The molecule has 39 heavy (non-hydrogen) atoms. The summed E-state index contributed by atoms with van der Waals surface area (Å²) >= 11 is 7.51. The molecule has 0 bridgehead atoms. The third-order valence-corrected chi connectivity index (χ3v) is 6.55. The first-order valence-corrected chi connectivity index (χ1v) is 14.0. The summed E-state index contributed by atoms with van der Waals surface area (Å²) in [7, 11) is 7.54. The Morgan fingerprint density at radius 1 is 0.795 bits per heavy atom. The van der Waals surface area contributed by atoms with Crippen LogP contribution in [0.2, 0.25) is 0 Å². The summed E-state index contributed by atoms with van der Waals surface area (Å²) in [5.74, 6) is 0.779. The Morgan fingerprint density at radius 2 is 1.28 bits per heavy atom. The van der Waals surface area contributed by atoms with E-state index in [0.717, 1.165) is 9.79 Å². The second kappa shape index (κ2) is 18.0. The predicted molar refractivity (Wildman–Crippen MR) is 152 cm³/mol. The lowest BCUT2D eigenvalue weighted by molar-refractivity contribution is -0.149. The molecule has 0 aromatic heterocycles. The molecule has 0 radical (unpaired) electrons. The van der Waals surface area contributed by atoms with E-state index < -0.39 is 12.2 Å². The molecule has 0 saturated carbocycles. The number of carbonyl (C=O) groups excluding carboxylic acids is 2. The van der Waals surface area contributed by atoms with Crippen molar-refractivity contribution in [1.82, 2.24) is 9.80 Å². The standard InChI is InChI=1S/C28H39ClN2O7S/c1-30(2)15-13-27(33)37-19-21(32)18-35-22-5-9-25(10-6-22)39-26-11-7-23(8-12-26)36-20-24(17-29)38-28(34)14-16-31(3)4/h5-12,21,24,32H,13-20H2,1-4H3. The minimum atomic E-state index is -0.905. The molecule has 0 amide bonds. The molecule has 0 spiro atoms.